The molecule has 0 bridgehead atoms. The van der Waals surface area contributed by atoms with Crippen molar-refractivity contribution in [2.24, 2.45) is 0 Å². The zero-order chi connectivity index (χ0) is 26.5. The Labute approximate surface area is 229 Å². The average Bonchev–Trinajstić information content (AvgIpc) is 3.59. The summed E-state index contributed by atoms with van der Waals surface area (Å²) in [6.45, 7) is 0. The normalized spacial score (nSPS) is 11.5. The molecule has 0 saturated heterocycles. The van der Waals surface area contributed by atoms with Crippen LogP contribution in [0.25, 0.3) is 67.0 Å². The van der Waals surface area contributed by atoms with E-state index in [0.717, 1.165) is 61.0 Å². The molecule has 0 aliphatic heterocycles. The topological polar surface area (TPSA) is 61.4 Å². The Hall–Kier alpha value is -5.62. The molecule has 8 aromatic rings. The van der Waals surface area contributed by atoms with Gasteiger partial charge in [-0.3, -0.25) is 14.1 Å². The zero-order valence-corrected chi connectivity index (χ0v) is 21.4. The van der Waals surface area contributed by atoms with Gasteiger partial charge in [-0.25, -0.2) is 15.0 Å². The second kappa shape index (κ2) is 8.99. The SMILES string of the molecule is c1ccc(-c2nc3c4c5ccccc5n(-c5ncc(-c6cccnc6)cn5)c4ccc3n2-c2ccccc2)cc1. The van der Waals surface area contributed by atoms with E-state index in [0.29, 0.717) is 5.95 Å². The van der Waals surface area contributed by atoms with Crippen molar-refractivity contribution in [3.8, 4) is 34.2 Å². The summed E-state index contributed by atoms with van der Waals surface area (Å²) in [5, 5.41) is 2.19. The monoisotopic (exact) mass is 514 g/mol. The number of hydrogen-bond donors (Lipinski definition) is 0. The van der Waals surface area contributed by atoms with Gasteiger partial charge in [0.1, 0.15) is 5.82 Å². The highest BCUT2D eigenvalue weighted by Gasteiger charge is 2.21. The molecule has 0 N–H and O–H groups in total. The van der Waals surface area contributed by atoms with Gasteiger partial charge in [0.25, 0.3) is 0 Å². The Morgan fingerprint density at radius 3 is 1.98 bits per heavy atom. The number of para-hydroxylation sites is 2. The van der Waals surface area contributed by atoms with Crippen molar-refractivity contribution in [2.45, 2.75) is 0 Å². The van der Waals surface area contributed by atoms with Crippen LogP contribution in [0.1, 0.15) is 0 Å². The van der Waals surface area contributed by atoms with E-state index in [1.54, 1.807) is 6.20 Å². The Morgan fingerprint density at radius 1 is 0.500 bits per heavy atom. The van der Waals surface area contributed by atoms with Crippen LogP contribution in [-0.2, 0) is 0 Å². The fraction of sp³-hybridized carbons (Fsp3) is 0. The summed E-state index contributed by atoms with van der Waals surface area (Å²) < 4.78 is 4.37. The lowest BCUT2D eigenvalue weighted by atomic mass is 10.1. The lowest BCUT2D eigenvalue weighted by molar-refractivity contribution is 0.990. The summed E-state index contributed by atoms with van der Waals surface area (Å²) in [6.07, 6.45) is 7.30. The van der Waals surface area contributed by atoms with Crippen LogP contribution in [0.15, 0.2) is 134 Å². The predicted molar refractivity (Wildman–Crippen MR) is 160 cm³/mol. The molecule has 0 radical (unpaired) electrons. The van der Waals surface area contributed by atoms with Crippen molar-refractivity contribution < 1.29 is 0 Å². The van der Waals surface area contributed by atoms with Gasteiger partial charge >= 0.3 is 0 Å². The first-order valence-electron chi connectivity index (χ1n) is 13.1. The van der Waals surface area contributed by atoms with Gasteiger partial charge in [0.05, 0.1) is 22.1 Å². The molecule has 4 heterocycles. The standard InChI is InChI=1S/C34H22N6/c1-3-10-23(11-4-1)33-38-32-30(39(33)26-13-5-2-6-14-26)18-17-29-31(32)27-15-7-8-16-28(27)40(29)34-36-21-25(22-37-34)24-12-9-19-35-20-24/h1-22H. The number of aromatic nitrogens is 6. The minimum absolute atomic E-state index is 0.615. The largest absolute Gasteiger partial charge is 0.292 e. The van der Waals surface area contributed by atoms with E-state index in [1.165, 1.54) is 0 Å². The molecule has 188 valence electrons. The molecule has 6 heteroatoms. The Morgan fingerprint density at radius 2 is 1.20 bits per heavy atom. The van der Waals surface area contributed by atoms with Gasteiger partial charge in [0.2, 0.25) is 5.95 Å². The van der Waals surface area contributed by atoms with Crippen LogP contribution < -0.4 is 0 Å². The van der Waals surface area contributed by atoms with Gasteiger partial charge in [-0.15, -0.1) is 0 Å². The average molecular weight is 515 g/mol. The third-order valence-corrected chi connectivity index (χ3v) is 7.34. The molecule has 4 aromatic carbocycles. The first kappa shape index (κ1) is 22.4. The number of benzene rings is 4. The second-order valence-electron chi connectivity index (χ2n) is 9.67. The number of pyridine rings is 1. The zero-order valence-electron chi connectivity index (χ0n) is 21.4. The van der Waals surface area contributed by atoms with Gasteiger partial charge in [-0.1, -0.05) is 72.8 Å². The Balaban J connectivity index is 1.42. The van der Waals surface area contributed by atoms with Gasteiger partial charge in [0, 0.05) is 57.9 Å². The first-order chi connectivity index (χ1) is 19.9. The number of rotatable bonds is 4. The van der Waals surface area contributed by atoms with Crippen molar-refractivity contribution in [3.63, 3.8) is 0 Å². The molecule has 4 aromatic heterocycles. The molecule has 0 amide bonds. The van der Waals surface area contributed by atoms with Crippen molar-refractivity contribution in [1.29, 1.82) is 0 Å². The van der Waals surface area contributed by atoms with Crippen LogP contribution in [0.4, 0.5) is 0 Å². The molecule has 0 atom stereocenters. The van der Waals surface area contributed by atoms with Crippen LogP contribution >= 0.6 is 0 Å². The molecule has 0 saturated carbocycles. The van der Waals surface area contributed by atoms with Crippen LogP contribution in [0.5, 0.6) is 0 Å². The number of imidazole rings is 1. The van der Waals surface area contributed by atoms with Crippen molar-refractivity contribution in [3.05, 3.63) is 134 Å². The van der Waals surface area contributed by atoms with E-state index in [1.807, 2.05) is 42.9 Å². The highest BCUT2D eigenvalue weighted by molar-refractivity contribution is 6.20. The first-order valence-corrected chi connectivity index (χ1v) is 13.1. The third kappa shape index (κ3) is 3.43. The summed E-state index contributed by atoms with van der Waals surface area (Å²) in [5.41, 5.74) is 8.09. The van der Waals surface area contributed by atoms with Crippen molar-refractivity contribution >= 4 is 32.8 Å². The predicted octanol–water partition coefficient (Wildman–Crippen LogP) is 7.64. The highest BCUT2D eigenvalue weighted by Crippen LogP contribution is 2.38. The second-order valence-corrected chi connectivity index (χ2v) is 9.67. The lowest BCUT2D eigenvalue weighted by Crippen LogP contribution is -2.01. The third-order valence-electron chi connectivity index (χ3n) is 7.34. The molecule has 0 fully saturated rings. The molecule has 0 aliphatic carbocycles. The number of hydrogen-bond acceptors (Lipinski definition) is 4. The Bertz CT molecular complexity index is 2130. The maximum absolute atomic E-state index is 5.30. The van der Waals surface area contributed by atoms with E-state index in [-0.39, 0.29) is 0 Å². The highest BCUT2D eigenvalue weighted by atomic mass is 15.2. The molecule has 0 spiro atoms. The van der Waals surface area contributed by atoms with E-state index in [2.05, 4.69) is 99.0 Å². The molecule has 40 heavy (non-hydrogen) atoms. The van der Waals surface area contributed by atoms with Crippen molar-refractivity contribution in [1.82, 2.24) is 29.1 Å². The fourth-order valence-corrected chi connectivity index (χ4v) is 5.55. The summed E-state index contributed by atoms with van der Waals surface area (Å²) in [6, 6.07) is 37.4. The van der Waals surface area contributed by atoms with E-state index in [4.69, 9.17) is 15.0 Å². The summed E-state index contributed by atoms with van der Waals surface area (Å²) >= 11 is 0. The van der Waals surface area contributed by atoms with Crippen LogP contribution in [0.3, 0.4) is 0 Å². The minimum atomic E-state index is 0.615. The molecular weight excluding hydrogens is 492 g/mol. The minimum Gasteiger partial charge on any atom is -0.292 e. The molecule has 6 nitrogen and oxygen atoms in total. The van der Waals surface area contributed by atoms with E-state index < -0.39 is 0 Å². The van der Waals surface area contributed by atoms with Gasteiger partial charge in [-0.05, 0) is 36.4 Å². The quantitative estimate of drug-likeness (QED) is 0.242. The summed E-state index contributed by atoms with van der Waals surface area (Å²) in [4.78, 5) is 19.1. The molecular formula is C34H22N6. The van der Waals surface area contributed by atoms with E-state index in [9.17, 15) is 0 Å². The summed E-state index contributed by atoms with van der Waals surface area (Å²) in [7, 11) is 0. The smallest absolute Gasteiger partial charge is 0.234 e. The van der Waals surface area contributed by atoms with Crippen LogP contribution in [0.2, 0.25) is 0 Å². The van der Waals surface area contributed by atoms with Crippen molar-refractivity contribution in [2.75, 3.05) is 0 Å². The van der Waals surface area contributed by atoms with Gasteiger partial charge < -0.3 is 0 Å². The maximum Gasteiger partial charge on any atom is 0.234 e. The van der Waals surface area contributed by atoms with E-state index >= 15 is 0 Å². The van der Waals surface area contributed by atoms with Crippen LogP contribution in [-0.4, -0.2) is 29.1 Å². The number of fused-ring (bicyclic) bond motifs is 5. The van der Waals surface area contributed by atoms with Gasteiger partial charge in [-0.2, -0.15) is 0 Å². The molecule has 8 rings (SSSR count). The lowest BCUT2D eigenvalue weighted by Gasteiger charge is -2.10. The van der Waals surface area contributed by atoms with Gasteiger partial charge in [0.15, 0.2) is 0 Å². The molecule has 0 unspecified atom stereocenters. The fourth-order valence-electron chi connectivity index (χ4n) is 5.55. The maximum atomic E-state index is 5.30. The molecule has 0 aliphatic rings. The van der Waals surface area contributed by atoms with Crippen LogP contribution in [0, 0.1) is 0 Å². The summed E-state index contributed by atoms with van der Waals surface area (Å²) in [5.74, 6) is 1.52. The Kier molecular flexibility index (Phi) is 5.03. The number of nitrogens with zero attached hydrogens (tertiary/aromatic N) is 6.